The Kier molecular flexibility index (Phi) is 5.41. The minimum atomic E-state index is -3.87. The van der Waals surface area contributed by atoms with Gasteiger partial charge in [0.2, 0.25) is 5.91 Å². The van der Waals surface area contributed by atoms with Crippen molar-refractivity contribution >= 4 is 15.9 Å². The zero-order valence-electron chi connectivity index (χ0n) is 15.1. The summed E-state index contributed by atoms with van der Waals surface area (Å²) in [6.45, 7) is 3.56. The number of rotatable bonds is 6. The molecule has 0 unspecified atom stereocenters. The van der Waals surface area contributed by atoms with Gasteiger partial charge in [-0.15, -0.1) is 0 Å². The summed E-state index contributed by atoms with van der Waals surface area (Å²) in [5.74, 6) is 0.182. The number of nitrogens with one attached hydrogen (secondary N) is 1. The zero-order valence-corrected chi connectivity index (χ0v) is 15.9. The lowest BCUT2D eigenvalue weighted by Gasteiger charge is -2.08. The summed E-state index contributed by atoms with van der Waals surface area (Å²) in [5, 5.41) is 4.20. The van der Waals surface area contributed by atoms with Gasteiger partial charge in [-0.1, -0.05) is 61.5 Å². The van der Waals surface area contributed by atoms with E-state index in [9.17, 15) is 13.2 Å². The molecule has 0 saturated heterocycles. The van der Waals surface area contributed by atoms with E-state index in [-0.39, 0.29) is 11.3 Å². The van der Waals surface area contributed by atoms with Gasteiger partial charge in [0, 0.05) is 18.4 Å². The average Bonchev–Trinajstić information content (AvgIpc) is 3.12. The highest BCUT2D eigenvalue weighted by atomic mass is 32.2. The Morgan fingerprint density at radius 3 is 2.26 bits per heavy atom. The molecule has 0 bridgehead atoms. The molecule has 3 aromatic rings. The molecule has 7 heteroatoms. The Morgan fingerprint density at radius 1 is 1.00 bits per heavy atom. The maximum absolute atomic E-state index is 12.2. The summed E-state index contributed by atoms with van der Waals surface area (Å²) in [4.78, 5) is 11.5. The quantitative estimate of drug-likeness (QED) is 0.698. The molecule has 0 aliphatic rings. The van der Waals surface area contributed by atoms with Crippen LogP contribution in [-0.2, 0) is 21.2 Å². The van der Waals surface area contributed by atoms with E-state index in [1.54, 1.807) is 19.1 Å². The van der Waals surface area contributed by atoms with E-state index in [1.807, 2.05) is 42.0 Å². The highest BCUT2D eigenvalue weighted by Crippen LogP contribution is 2.35. The number of aryl methyl sites for hydroxylation is 1. The van der Waals surface area contributed by atoms with Crippen molar-refractivity contribution in [2.45, 2.75) is 31.6 Å². The van der Waals surface area contributed by atoms with Gasteiger partial charge >= 0.3 is 0 Å². The molecule has 1 aromatic heterocycles. The molecule has 27 heavy (non-hydrogen) atoms. The minimum absolute atomic E-state index is 0.0313. The third-order valence-electron chi connectivity index (χ3n) is 4.15. The molecule has 0 fully saturated rings. The van der Waals surface area contributed by atoms with Gasteiger partial charge in [0.05, 0.1) is 10.5 Å². The third-order valence-corrected chi connectivity index (χ3v) is 5.54. The van der Waals surface area contributed by atoms with Crippen LogP contribution in [0.25, 0.3) is 22.4 Å². The Balaban J connectivity index is 2.01. The van der Waals surface area contributed by atoms with Gasteiger partial charge in [-0.2, -0.15) is 0 Å². The predicted octanol–water partition coefficient (Wildman–Crippen LogP) is 3.79. The molecule has 1 heterocycles. The van der Waals surface area contributed by atoms with Crippen LogP contribution in [0.5, 0.6) is 0 Å². The second-order valence-electron chi connectivity index (χ2n) is 5.96. The summed E-state index contributed by atoms with van der Waals surface area (Å²) in [5.41, 5.74) is 3.27. The molecular formula is C20H20N2O4S. The first-order chi connectivity index (χ1) is 13.0. The lowest BCUT2D eigenvalue weighted by atomic mass is 9.98. The summed E-state index contributed by atoms with van der Waals surface area (Å²) in [7, 11) is -3.87. The first kappa shape index (κ1) is 18.8. The van der Waals surface area contributed by atoms with Crippen LogP contribution in [0.3, 0.4) is 0 Å². The van der Waals surface area contributed by atoms with Gasteiger partial charge in [-0.3, -0.25) is 4.79 Å². The maximum Gasteiger partial charge on any atom is 0.264 e. The Bertz CT molecular complexity index is 1040. The largest absolute Gasteiger partial charge is 0.360 e. The van der Waals surface area contributed by atoms with Crippen molar-refractivity contribution in [1.29, 1.82) is 0 Å². The molecule has 0 aliphatic heterocycles. The fourth-order valence-corrected chi connectivity index (χ4v) is 3.79. The maximum atomic E-state index is 12.2. The Hall–Kier alpha value is -2.93. The number of hydrogen-bond acceptors (Lipinski definition) is 5. The minimum Gasteiger partial charge on any atom is -0.360 e. The van der Waals surface area contributed by atoms with Crippen molar-refractivity contribution < 1.29 is 17.7 Å². The molecular weight excluding hydrogens is 364 g/mol. The molecule has 0 atom stereocenters. The summed E-state index contributed by atoms with van der Waals surface area (Å²) < 4.78 is 32.0. The fourth-order valence-electron chi connectivity index (χ4n) is 2.74. The van der Waals surface area contributed by atoms with Gasteiger partial charge < -0.3 is 4.52 Å². The zero-order chi connectivity index (χ0) is 19.4. The molecule has 0 saturated carbocycles. The SMILES string of the molecule is CCC(=O)NS(=O)(=O)c1ccc(-c2c(-c3ccccc3)noc2CC)cc1. The highest BCUT2D eigenvalue weighted by molar-refractivity contribution is 7.90. The number of hydrogen-bond donors (Lipinski definition) is 1. The lowest BCUT2D eigenvalue weighted by Crippen LogP contribution is -2.29. The summed E-state index contributed by atoms with van der Waals surface area (Å²) in [6, 6.07) is 16.0. The summed E-state index contributed by atoms with van der Waals surface area (Å²) >= 11 is 0. The molecule has 0 radical (unpaired) electrons. The molecule has 0 aliphatic carbocycles. The second kappa shape index (κ2) is 7.75. The number of nitrogens with zero attached hydrogens (tertiary/aromatic N) is 1. The van der Waals surface area contributed by atoms with Crippen molar-refractivity contribution in [1.82, 2.24) is 9.88 Å². The van der Waals surface area contributed by atoms with Crippen LogP contribution in [0.15, 0.2) is 64.0 Å². The second-order valence-corrected chi connectivity index (χ2v) is 7.64. The van der Waals surface area contributed by atoms with Crippen molar-refractivity contribution in [2.75, 3.05) is 0 Å². The van der Waals surface area contributed by atoms with Gasteiger partial charge in [0.25, 0.3) is 10.0 Å². The third kappa shape index (κ3) is 3.93. The van der Waals surface area contributed by atoms with E-state index in [2.05, 4.69) is 5.16 Å². The lowest BCUT2D eigenvalue weighted by molar-refractivity contribution is -0.119. The van der Waals surface area contributed by atoms with Crippen LogP contribution < -0.4 is 4.72 Å². The van der Waals surface area contributed by atoms with Crippen molar-refractivity contribution in [2.24, 2.45) is 0 Å². The molecule has 6 nitrogen and oxygen atoms in total. The Labute approximate surface area is 158 Å². The molecule has 2 aromatic carbocycles. The van der Waals surface area contributed by atoms with E-state index in [0.29, 0.717) is 12.1 Å². The van der Waals surface area contributed by atoms with E-state index < -0.39 is 15.9 Å². The molecule has 3 rings (SSSR count). The van der Waals surface area contributed by atoms with Crippen LogP contribution >= 0.6 is 0 Å². The van der Waals surface area contributed by atoms with E-state index in [1.165, 1.54) is 12.1 Å². The van der Waals surface area contributed by atoms with Crippen LogP contribution in [0.4, 0.5) is 0 Å². The average molecular weight is 384 g/mol. The van der Waals surface area contributed by atoms with Gasteiger partial charge in [0.15, 0.2) is 0 Å². The number of sulfonamides is 1. The van der Waals surface area contributed by atoms with Crippen LogP contribution in [0, 0.1) is 0 Å². The molecule has 0 spiro atoms. The molecule has 1 amide bonds. The van der Waals surface area contributed by atoms with Crippen molar-refractivity contribution in [3.8, 4) is 22.4 Å². The standard InChI is InChI=1S/C20H20N2O4S/c1-3-17-19(20(21-26-17)15-8-6-5-7-9-15)14-10-12-16(13-11-14)27(24,25)22-18(23)4-2/h5-13H,3-4H2,1-2H3,(H,22,23). The van der Waals surface area contributed by atoms with Gasteiger partial charge in [-0.25, -0.2) is 13.1 Å². The van der Waals surface area contributed by atoms with E-state index in [4.69, 9.17) is 4.52 Å². The monoisotopic (exact) mass is 384 g/mol. The van der Waals surface area contributed by atoms with E-state index >= 15 is 0 Å². The first-order valence-electron chi connectivity index (χ1n) is 8.66. The van der Waals surface area contributed by atoms with Crippen LogP contribution in [-0.4, -0.2) is 19.5 Å². The predicted molar refractivity (Wildman–Crippen MR) is 102 cm³/mol. The number of carbonyl (C=O) groups is 1. The summed E-state index contributed by atoms with van der Waals surface area (Å²) in [6.07, 6.45) is 0.750. The fraction of sp³-hybridized carbons (Fsp3) is 0.200. The smallest absolute Gasteiger partial charge is 0.264 e. The topological polar surface area (TPSA) is 89.3 Å². The van der Waals surface area contributed by atoms with Crippen molar-refractivity contribution in [3.63, 3.8) is 0 Å². The number of amides is 1. The van der Waals surface area contributed by atoms with Gasteiger partial charge in [0.1, 0.15) is 11.5 Å². The van der Waals surface area contributed by atoms with Gasteiger partial charge in [-0.05, 0) is 17.7 Å². The molecule has 1 N–H and O–H groups in total. The first-order valence-corrected chi connectivity index (χ1v) is 10.1. The van der Waals surface area contributed by atoms with E-state index in [0.717, 1.165) is 22.5 Å². The normalized spacial score (nSPS) is 11.3. The van der Waals surface area contributed by atoms with Crippen LogP contribution in [0.2, 0.25) is 0 Å². The number of aromatic nitrogens is 1. The number of carbonyl (C=O) groups excluding carboxylic acids is 1. The van der Waals surface area contributed by atoms with Crippen molar-refractivity contribution in [3.05, 3.63) is 60.4 Å². The Morgan fingerprint density at radius 2 is 1.67 bits per heavy atom. The highest BCUT2D eigenvalue weighted by Gasteiger charge is 2.20. The molecule has 140 valence electrons. The van der Waals surface area contributed by atoms with Crippen LogP contribution in [0.1, 0.15) is 26.0 Å². The number of benzene rings is 2.